The highest BCUT2D eigenvalue weighted by atomic mass is 35.5. The summed E-state index contributed by atoms with van der Waals surface area (Å²) in [6.45, 7) is 5.98. The first kappa shape index (κ1) is 17.1. The van der Waals surface area contributed by atoms with E-state index in [1.807, 2.05) is 44.9 Å². The SMILES string of the molecule is Cc1cc2c(Cl)nc3c(ncn3[C@@H]3[C@H]4C5[C@]6(OC(C)(C)O[C@@H]36)[C@]54c3ncnn3C)c2[nH]1. The van der Waals surface area contributed by atoms with Gasteiger partial charge in [-0.1, -0.05) is 11.6 Å². The largest absolute Gasteiger partial charge is 0.357 e. The monoisotopic (exact) mass is 437 g/mol. The van der Waals surface area contributed by atoms with E-state index in [-0.39, 0.29) is 23.2 Å². The molecule has 1 N–H and O–H groups in total. The van der Waals surface area contributed by atoms with E-state index in [4.69, 9.17) is 31.0 Å². The zero-order chi connectivity index (χ0) is 21.1. The number of aromatic nitrogens is 7. The van der Waals surface area contributed by atoms with Crippen LogP contribution in [0.4, 0.5) is 0 Å². The van der Waals surface area contributed by atoms with Crippen molar-refractivity contribution >= 4 is 33.7 Å². The lowest BCUT2D eigenvalue weighted by Gasteiger charge is -2.25. The molecule has 10 heteroatoms. The maximum absolute atomic E-state index is 6.59. The summed E-state index contributed by atoms with van der Waals surface area (Å²) in [5.41, 5.74) is 3.03. The summed E-state index contributed by atoms with van der Waals surface area (Å²) in [5.74, 6) is 1.03. The average Bonchev–Trinajstić information content (AvgIpc) is 3.12. The van der Waals surface area contributed by atoms with Crippen molar-refractivity contribution in [2.45, 2.75) is 49.7 Å². The first-order valence-electron chi connectivity index (χ1n) is 10.5. The molecule has 0 radical (unpaired) electrons. The van der Waals surface area contributed by atoms with Crippen LogP contribution in [0.5, 0.6) is 0 Å². The van der Waals surface area contributed by atoms with Crippen molar-refractivity contribution in [3.05, 3.63) is 35.4 Å². The van der Waals surface area contributed by atoms with E-state index in [9.17, 15) is 0 Å². The maximum Gasteiger partial charge on any atom is 0.164 e. The highest BCUT2D eigenvalue weighted by Gasteiger charge is 3.09. The third-order valence-corrected chi connectivity index (χ3v) is 8.29. The number of rotatable bonds is 2. The van der Waals surface area contributed by atoms with Crippen LogP contribution in [0.15, 0.2) is 18.7 Å². The lowest BCUT2D eigenvalue weighted by atomic mass is 10.0. The third kappa shape index (κ3) is 1.58. The Labute approximate surface area is 181 Å². The third-order valence-electron chi connectivity index (χ3n) is 8.00. The molecule has 9 nitrogen and oxygen atoms in total. The van der Waals surface area contributed by atoms with E-state index in [1.165, 1.54) is 0 Å². The van der Waals surface area contributed by atoms with Gasteiger partial charge < -0.3 is 19.0 Å². The van der Waals surface area contributed by atoms with E-state index in [1.54, 1.807) is 6.33 Å². The number of nitrogens with zero attached hydrogens (tertiary/aromatic N) is 6. The van der Waals surface area contributed by atoms with Crippen molar-refractivity contribution in [1.29, 1.82) is 0 Å². The summed E-state index contributed by atoms with van der Waals surface area (Å²) < 4.78 is 17.1. The van der Waals surface area contributed by atoms with Crippen LogP contribution in [0.1, 0.15) is 31.4 Å². The molecule has 5 heterocycles. The standard InChI is InChI=1S/C21H20ClN7O2/c1-8-5-9-11(26-8)12-17(27-16(9)22)29(7-24-12)13-10-14-20(10,18-23-6-25-28(18)4)21(14)15(13)30-19(2,3)31-21/h5-7,10,13-15,26H,1-4H3/t10-,13+,14?,15-,20-,21+/m0/s1. The van der Waals surface area contributed by atoms with Crippen LogP contribution in [0, 0.1) is 18.8 Å². The molecule has 5 fully saturated rings. The van der Waals surface area contributed by atoms with Gasteiger partial charge in [0.15, 0.2) is 11.4 Å². The summed E-state index contributed by atoms with van der Waals surface area (Å²) in [5, 5.41) is 5.71. The quantitative estimate of drug-likeness (QED) is 0.484. The van der Waals surface area contributed by atoms with Gasteiger partial charge in [0.05, 0.1) is 23.3 Å². The number of pyridine rings is 1. The molecule has 1 spiro atoms. The molecule has 5 aliphatic rings. The second-order valence-electron chi connectivity index (χ2n) is 9.87. The molecule has 6 atom stereocenters. The van der Waals surface area contributed by atoms with E-state index in [0.717, 1.165) is 33.6 Å². The first-order valence-corrected chi connectivity index (χ1v) is 10.9. The van der Waals surface area contributed by atoms with Gasteiger partial charge in [0.25, 0.3) is 0 Å². The van der Waals surface area contributed by atoms with Crippen molar-refractivity contribution in [2.24, 2.45) is 18.9 Å². The molecule has 1 aliphatic heterocycles. The van der Waals surface area contributed by atoms with Gasteiger partial charge in [0.2, 0.25) is 0 Å². The molecule has 158 valence electrons. The average molecular weight is 438 g/mol. The van der Waals surface area contributed by atoms with Gasteiger partial charge in [-0.25, -0.2) is 15.0 Å². The molecule has 0 amide bonds. The molecule has 1 unspecified atom stereocenters. The lowest BCUT2D eigenvalue weighted by Crippen LogP contribution is -2.34. The van der Waals surface area contributed by atoms with Gasteiger partial charge in [0, 0.05) is 30.0 Å². The number of hydrogen-bond donors (Lipinski definition) is 1. The predicted octanol–water partition coefficient (Wildman–Crippen LogP) is 2.65. The minimum Gasteiger partial charge on any atom is -0.357 e. The number of fused-ring (bicyclic) bond motifs is 3. The number of aryl methyl sites for hydroxylation is 2. The van der Waals surface area contributed by atoms with Crippen LogP contribution in [-0.4, -0.2) is 51.8 Å². The number of ether oxygens (including phenoxy) is 2. The predicted molar refractivity (Wildman–Crippen MR) is 111 cm³/mol. The Balaban J connectivity index is 1.35. The molecule has 31 heavy (non-hydrogen) atoms. The Hall–Kier alpha value is -2.49. The van der Waals surface area contributed by atoms with Gasteiger partial charge in [-0.15, -0.1) is 0 Å². The summed E-state index contributed by atoms with van der Waals surface area (Å²) >= 11 is 6.57. The van der Waals surface area contributed by atoms with Crippen LogP contribution < -0.4 is 0 Å². The number of hydrogen-bond acceptors (Lipinski definition) is 6. The van der Waals surface area contributed by atoms with Gasteiger partial charge in [-0.3, -0.25) is 4.68 Å². The lowest BCUT2D eigenvalue weighted by molar-refractivity contribution is -0.170. The fourth-order valence-electron chi connectivity index (χ4n) is 7.19. The van der Waals surface area contributed by atoms with Crippen LogP contribution >= 0.6 is 11.6 Å². The zero-order valence-electron chi connectivity index (χ0n) is 17.4. The number of H-pyrrole nitrogens is 1. The summed E-state index contributed by atoms with van der Waals surface area (Å²) in [7, 11) is 1.95. The van der Waals surface area contributed by atoms with Crippen LogP contribution in [0.3, 0.4) is 0 Å². The van der Waals surface area contributed by atoms with E-state index < -0.39 is 5.79 Å². The smallest absolute Gasteiger partial charge is 0.164 e. The molecule has 4 saturated carbocycles. The van der Waals surface area contributed by atoms with Crippen molar-refractivity contribution in [2.75, 3.05) is 0 Å². The molecule has 1 saturated heterocycles. The molecule has 4 aromatic rings. The number of halogens is 1. The Morgan fingerprint density at radius 1 is 1.26 bits per heavy atom. The molecular formula is C21H20ClN7O2. The van der Waals surface area contributed by atoms with Crippen molar-refractivity contribution in [3.63, 3.8) is 0 Å². The highest BCUT2D eigenvalue weighted by Crippen LogP contribution is 2.98. The molecule has 2 bridgehead atoms. The molecule has 0 aromatic carbocycles. The molecule has 9 rings (SSSR count). The van der Waals surface area contributed by atoms with Crippen LogP contribution in [0.2, 0.25) is 5.15 Å². The van der Waals surface area contributed by atoms with E-state index in [2.05, 4.69) is 19.6 Å². The van der Waals surface area contributed by atoms with E-state index in [0.29, 0.717) is 17.0 Å². The number of nitrogens with one attached hydrogen (secondary N) is 1. The van der Waals surface area contributed by atoms with Gasteiger partial charge in [-0.2, -0.15) is 5.10 Å². The Bertz CT molecular complexity index is 1470. The van der Waals surface area contributed by atoms with Crippen LogP contribution in [0.25, 0.3) is 22.1 Å². The van der Waals surface area contributed by atoms with Crippen molar-refractivity contribution in [3.8, 4) is 0 Å². The summed E-state index contributed by atoms with van der Waals surface area (Å²) in [6.07, 6.45) is 3.39. The second kappa shape index (κ2) is 4.65. The fourth-order valence-corrected chi connectivity index (χ4v) is 7.42. The molecular weight excluding hydrogens is 418 g/mol. The van der Waals surface area contributed by atoms with Crippen molar-refractivity contribution < 1.29 is 9.47 Å². The second-order valence-corrected chi connectivity index (χ2v) is 10.2. The highest BCUT2D eigenvalue weighted by molar-refractivity contribution is 6.35. The van der Waals surface area contributed by atoms with Crippen molar-refractivity contribution in [1.82, 2.24) is 34.3 Å². The number of imidazole rings is 1. The zero-order valence-corrected chi connectivity index (χ0v) is 18.2. The molecule has 4 aromatic heterocycles. The fraction of sp³-hybridized carbons (Fsp3) is 0.524. The minimum atomic E-state index is -0.655. The number of aromatic amines is 1. The normalized spacial score (nSPS) is 38.7. The van der Waals surface area contributed by atoms with E-state index >= 15 is 0 Å². The Kier molecular flexibility index (Phi) is 2.56. The topological polar surface area (TPSA) is 95.7 Å². The van der Waals surface area contributed by atoms with Gasteiger partial charge in [-0.05, 0) is 26.8 Å². The van der Waals surface area contributed by atoms with Crippen LogP contribution in [-0.2, 0) is 21.9 Å². The summed E-state index contributed by atoms with van der Waals surface area (Å²) in [6, 6.07) is 2.06. The Morgan fingerprint density at radius 3 is 2.87 bits per heavy atom. The van der Waals surface area contributed by atoms with Gasteiger partial charge >= 0.3 is 0 Å². The minimum absolute atomic E-state index is 0.0468. The van der Waals surface area contributed by atoms with Gasteiger partial charge in [0.1, 0.15) is 34.5 Å². The molecule has 4 aliphatic carbocycles. The Morgan fingerprint density at radius 2 is 2.10 bits per heavy atom. The maximum atomic E-state index is 6.59. The first-order chi connectivity index (χ1) is 14.8. The summed E-state index contributed by atoms with van der Waals surface area (Å²) in [4.78, 5) is 17.5.